The Morgan fingerprint density at radius 1 is 0.966 bits per heavy atom. The number of aromatic nitrogens is 2. The molecular weight excluding hydrogens is 390 g/mol. The molecule has 1 amide bonds. The van der Waals surface area contributed by atoms with Gasteiger partial charge in [0.05, 0.1) is 20.0 Å². The van der Waals surface area contributed by atoms with E-state index in [0.29, 0.717) is 34.7 Å². The number of thioether (sulfide) groups is 1. The van der Waals surface area contributed by atoms with Gasteiger partial charge in [-0.15, -0.1) is 0 Å². The van der Waals surface area contributed by atoms with Crippen molar-refractivity contribution >= 4 is 17.7 Å². The summed E-state index contributed by atoms with van der Waals surface area (Å²) in [5.41, 5.74) is 0.882. The number of nitrogens with zero attached hydrogens (tertiary/aromatic N) is 2. The molecule has 8 heteroatoms. The monoisotopic (exact) mass is 411 g/mol. The summed E-state index contributed by atoms with van der Waals surface area (Å²) in [6.07, 6.45) is 3.12. The zero-order valence-corrected chi connectivity index (χ0v) is 16.9. The van der Waals surface area contributed by atoms with Crippen molar-refractivity contribution in [3.05, 3.63) is 66.5 Å². The fraction of sp³-hybridized carbons (Fsp3) is 0.190. The summed E-state index contributed by atoms with van der Waals surface area (Å²) in [5.74, 6) is 2.43. The summed E-state index contributed by atoms with van der Waals surface area (Å²) < 4.78 is 16.3. The SMILES string of the molecule is COc1cc(CNC(=O)CSc2nccnc2Oc2ccccc2)cc(OC)c1. The number of carbonyl (C=O) groups is 1. The van der Waals surface area contributed by atoms with Gasteiger partial charge in [0.25, 0.3) is 5.88 Å². The summed E-state index contributed by atoms with van der Waals surface area (Å²) in [4.78, 5) is 20.8. The average Bonchev–Trinajstić information content (AvgIpc) is 2.77. The van der Waals surface area contributed by atoms with Gasteiger partial charge in [0, 0.05) is 25.0 Å². The van der Waals surface area contributed by atoms with E-state index in [0.717, 1.165) is 5.56 Å². The molecule has 2 aromatic carbocycles. The number of hydrogen-bond donors (Lipinski definition) is 1. The van der Waals surface area contributed by atoms with E-state index < -0.39 is 0 Å². The lowest BCUT2D eigenvalue weighted by Crippen LogP contribution is -2.24. The van der Waals surface area contributed by atoms with Crippen molar-refractivity contribution in [3.8, 4) is 23.1 Å². The predicted octanol–water partition coefficient (Wildman–Crippen LogP) is 3.69. The minimum absolute atomic E-state index is 0.131. The molecule has 3 rings (SSSR count). The standard InChI is InChI=1S/C21H21N3O4S/c1-26-17-10-15(11-18(12-17)27-2)13-24-19(25)14-29-21-20(22-8-9-23-21)28-16-6-4-3-5-7-16/h3-12H,13-14H2,1-2H3,(H,24,25). The third-order valence-corrected chi connectivity index (χ3v) is 4.79. The van der Waals surface area contributed by atoms with E-state index >= 15 is 0 Å². The number of hydrogen-bond acceptors (Lipinski definition) is 7. The molecule has 0 saturated carbocycles. The second kappa shape index (κ2) is 10.3. The van der Waals surface area contributed by atoms with E-state index in [9.17, 15) is 4.79 Å². The Bertz CT molecular complexity index is 931. The Labute approximate surface area is 173 Å². The van der Waals surface area contributed by atoms with Crippen LogP contribution in [0.1, 0.15) is 5.56 Å². The average molecular weight is 411 g/mol. The Kier molecular flexibility index (Phi) is 7.29. The van der Waals surface area contributed by atoms with Crippen LogP contribution in [0.3, 0.4) is 0 Å². The maximum Gasteiger partial charge on any atom is 0.252 e. The van der Waals surface area contributed by atoms with Gasteiger partial charge in [-0.3, -0.25) is 4.79 Å². The van der Waals surface area contributed by atoms with Crippen molar-refractivity contribution in [1.29, 1.82) is 0 Å². The fourth-order valence-electron chi connectivity index (χ4n) is 2.44. The van der Waals surface area contributed by atoms with Gasteiger partial charge in [0.2, 0.25) is 5.91 Å². The summed E-state index contributed by atoms with van der Waals surface area (Å²) >= 11 is 1.26. The van der Waals surface area contributed by atoms with Gasteiger partial charge in [0.1, 0.15) is 17.2 Å². The maximum absolute atomic E-state index is 12.3. The number of methoxy groups -OCH3 is 2. The molecule has 0 bridgehead atoms. The number of nitrogens with one attached hydrogen (secondary N) is 1. The van der Waals surface area contributed by atoms with Gasteiger partial charge in [-0.2, -0.15) is 0 Å². The zero-order valence-electron chi connectivity index (χ0n) is 16.1. The molecule has 0 spiro atoms. The molecule has 1 heterocycles. The smallest absolute Gasteiger partial charge is 0.252 e. The van der Waals surface area contributed by atoms with Crippen LogP contribution in [0.2, 0.25) is 0 Å². The molecule has 1 N–H and O–H groups in total. The van der Waals surface area contributed by atoms with Gasteiger partial charge >= 0.3 is 0 Å². The van der Waals surface area contributed by atoms with Gasteiger partial charge in [-0.1, -0.05) is 30.0 Å². The van der Waals surface area contributed by atoms with Gasteiger partial charge in [-0.25, -0.2) is 9.97 Å². The minimum Gasteiger partial charge on any atom is -0.497 e. The summed E-state index contributed by atoms with van der Waals surface area (Å²) in [6.45, 7) is 0.362. The molecule has 1 aromatic heterocycles. The summed E-state index contributed by atoms with van der Waals surface area (Å²) in [6, 6.07) is 14.8. The Morgan fingerprint density at radius 3 is 2.34 bits per heavy atom. The highest BCUT2D eigenvalue weighted by Crippen LogP contribution is 2.28. The van der Waals surface area contributed by atoms with E-state index in [1.165, 1.54) is 11.8 Å². The van der Waals surface area contributed by atoms with Crippen LogP contribution in [0.5, 0.6) is 23.1 Å². The van der Waals surface area contributed by atoms with E-state index in [-0.39, 0.29) is 11.7 Å². The Balaban J connectivity index is 1.56. The van der Waals surface area contributed by atoms with Crippen molar-refractivity contribution < 1.29 is 19.0 Å². The normalized spacial score (nSPS) is 10.3. The topological polar surface area (TPSA) is 82.6 Å². The second-order valence-corrected chi connectivity index (χ2v) is 6.83. The van der Waals surface area contributed by atoms with E-state index in [2.05, 4.69) is 15.3 Å². The fourth-order valence-corrected chi connectivity index (χ4v) is 3.16. The van der Waals surface area contributed by atoms with Crippen LogP contribution in [-0.4, -0.2) is 35.8 Å². The lowest BCUT2D eigenvalue weighted by Gasteiger charge is -2.10. The van der Waals surface area contributed by atoms with Gasteiger partial charge in [-0.05, 0) is 29.8 Å². The molecule has 150 valence electrons. The molecule has 0 atom stereocenters. The van der Waals surface area contributed by atoms with E-state index in [1.54, 1.807) is 32.7 Å². The van der Waals surface area contributed by atoms with E-state index in [4.69, 9.17) is 14.2 Å². The van der Waals surface area contributed by atoms with Crippen molar-refractivity contribution in [1.82, 2.24) is 15.3 Å². The van der Waals surface area contributed by atoms with Crippen LogP contribution in [0.25, 0.3) is 0 Å². The largest absolute Gasteiger partial charge is 0.497 e. The Hall–Kier alpha value is -3.26. The molecule has 0 aliphatic heterocycles. The van der Waals surface area contributed by atoms with Gasteiger partial charge in [0.15, 0.2) is 5.03 Å². The van der Waals surface area contributed by atoms with Crippen molar-refractivity contribution in [2.24, 2.45) is 0 Å². The predicted molar refractivity (Wildman–Crippen MR) is 111 cm³/mol. The summed E-state index contributed by atoms with van der Waals surface area (Å²) in [7, 11) is 3.17. The minimum atomic E-state index is -0.131. The molecule has 0 fully saturated rings. The third-order valence-electron chi connectivity index (χ3n) is 3.83. The number of ether oxygens (including phenoxy) is 3. The highest BCUT2D eigenvalue weighted by atomic mass is 32.2. The zero-order chi connectivity index (χ0) is 20.5. The first-order valence-corrected chi connectivity index (χ1v) is 9.82. The van der Waals surface area contributed by atoms with Crippen LogP contribution in [-0.2, 0) is 11.3 Å². The first kappa shape index (κ1) is 20.5. The maximum atomic E-state index is 12.3. The lowest BCUT2D eigenvalue weighted by atomic mass is 10.2. The molecule has 29 heavy (non-hydrogen) atoms. The molecule has 0 aliphatic carbocycles. The number of para-hydroxylation sites is 1. The van der Waals surface area contributed by atoms with Crippen molar-refractivity contribution in [3.63, 3.8) is 0 Å². The highest BCUT2D eigenvalue weighted by Gasteiger charge is 2.11. The van der Waals surface area contributed by atoms with E-state index in [1.807, 2.05) is 42.5 Å². The van der Waals surface area contributed by atoms with Gasteiger partial charge < -0.3 is 19.5 Å². The number of carbonyl (C=O) groups excluding carboxylic acids is 1. The van der Waals surface area contributed by atoms with Crippen LogP contribution < -0.4 is 19.5 Å². The lowest BCUT2D eigenvalue weighted by molar-refractivity contribution is -0.118. The molecule has 3 aromatic rings. The molecule has 0 saturated heterocycles. The van der Waals surface area contributed by atoms with Crippen LogP contribution in [0.15, 0.2) is 66.0 Å². The van der Waals surface area contributed by atoms with Crippen molar-refractivity contribution in [2.75, 3.05) is 20.0 Å². The second-order valence-electron chi connectivity index (χ2n) is 5.87. The first-order chi connectivity index (χ1) is 14.2. The van der Waals surface area contributed by atoms with Crippen LogP contribution in [0.4, 0.5) is 0 Å². The Morgan fingerprint density at radius 2 is 1.66 bits per heavy atom. The quantitative estimate of drug-likeness (QED) is 0.538. The molecular formula is C21H21N3O4S. The highest BCUT2D eigenvalue weighted by molar-refractivity contribution is 8.00. The number of amides is 1. The van der Waals surface area contributed by atoms with Crippen LogP contribution in [0, 0.1) is 0 Å². The molecule has 7 nitrogen and oxygen atoms in total. The molecule has 0 radical (unpaired) electrons. The number of benzene rings is 2. The van der Waals surface area contributed by atoms with Crippen molar-refractivity contribution in [2.45, 2.75) is 11.6 Å². The summed E-state index contributed by atoms with van der Waals surface area (Å²) in [5, 5.41) is 3.43. The number of rotatable bonds is 9. The molecule has 0 aliphatic rings. The first-order valence-electron chi connectivity index (χ1n) is 8.83. The third kappa shape index (κ3) is 6.11. The molecule has 0 unspecified atom stereocenters. The van der Waals surface area contributed by atoms with Crippen LogP contribution >= 0.6 is 11.8 Å².